The molecule has 0 aliphatic carbocycles. The zero-order valence-electron chi connectivity index (χ0n) is 10.6. The first-order valence-electron chi connectivity index (χ1n) is 6.62. The maximum Gasteiger partial charge on any atom is 0.246 e. The van der Waals surface area contributed by atoms with E-state index in [9.17, 15) is 4.79 Å². The van der Waals surface area contributed by atoms with Gasteiger partial charge in [0.25, 0.3) is 0 Å². The largest absolute Gasteiger partial charge is 0.338 e. The molecule has 2 aliphatic rings. The summed E-state index contributed by atoms with van der Waals surface area (Å²) in [4.78, 5) is 16.2. The van der Waals surface area contributed by atoms with Crippen LogP contribution in [-0.4, -0.2) is 54.0 Å². The Labute approximate surface area is 103 Å². The lowest BCUT2D eigenvalue weighted by atomic mass is 10.0. The second kappa shape index (κ2) is 5.65. The van der Waals surface area contributed by atoms with E-state index >= 15 is 0 Å². The molecule has 2 aliphatic heterocycles. The fourth-order valence-electron chi connectivity index (χ4n) is 2.77. The van der Waals surface area contributed by atoms with Crippen LogP contribution in [0.1, 0.15) is 26.2 Å². The molecule has 17 heavy (non-hydrogen) atoms. The van der Waals surface area contributed by atoms with Crippen LogP contribution >= 0.6 is 0 Å². The Balaban J connectivity index is 1.83. The van der Waals surface area contributed by atoms with Crippen LogP contribution in [0.2, 0.25) is 0 Å². The van der Waals surface area contributed by atoms with E-state index in [0.29, 0.717) is 12.1 Å². The van der Waals surface area contributed by atoms with Gasteiger partial charge in [-0.05, 0) is 45.4 Å². The van der Waals surface area contributed by atoms with Crippen molar-refractivity contribution in [2.45, 2.75) is 38.3 Å². The Bertz CT molecular complexity index is 295. The lowest BCUT2D eigenvalue weighted by molar-refractivity contribution is -0.125. The van der Waals surface area contributed by atoms with Crippen molar-refractivity contribution >= 4 is 5.91 Å². The van der Waals surface area contributed by atoms with Crippen LogP contribution in [0.25, 0.3) is 0 Å². The Morgan fingerprint density at radius 3 is 2.59 bits per heavy atom. The van der Waals surface area contributed by atoms with Gasteiger partial charge < -0.3 is 10.6 Å². The van der Waals surface area contributed by atoms with Crippen molar-refractivity contribution in [3.05, 3.63) is 12.2 Å². The summed E-state index contributed by atoms with van der Waals surface area (Å²) in [5, 5.41) is 0. The summed E-state index contributed by atoms with van der Waals surface area (Å²) >= 11 is 0. The summed E-state index contributed by atoms with van der Waals surface area (Å²) in [7, 11) is 0. The summed E-state index contributed by atoms with van der Waals surface area (Å²) in [5.74, 6) is 0.156. The highest BCUT2D eigenvalue weighted by Crippen LogP contribution is 2.20. The number of allylic oxidation sites excluding steroid dienone is 1. The van der Waals surface area contributed by atoms with Crippen molar-refractivity contribution in [2.75, 3.05) is 26.2 Å². The number of nitrogens with two attached hydrogens (primary N) is 1. The van der Waals surface area contributed by atoms with Crippen LogP contribution < -0.4 is 5.73 Å². The van der Waals surface area contributed by atoms with Gasteiger partial charge in [0.15, 0.2) is 0 Å². The number of carbonyl (C=O) groups is 1. The molecule has 2 heterocycles. The van der Waals surface area contributed by atoms with Crippen LogP contribution in [0, 0.1) is 0 Å². The number of nitrogens with zero attached hydrogens (tertiary/aromatic N) is 2. The maximum atomic E-state index is 11.7. The third-order valence-corrected chi connectivity index (χ3v) is 3.87. The number of rotatable bonds is 2. The zero-order valence-corrected chi connectivity index (χ0v) is 10.6. The molecule has 0 radical (unpaired) electrons. The summed E-state index contributed by atoms with van der Waals surface area (Å²) in [5.41, 5.74) is 5.91. The number of hydrogen-bond acceptors (Lipinski definition) is 3. The molecule has 0 saturated carbocycles. The van der Waals surface area contributed by atoms with E-state index in [1.807, 2.05) is 17.9 Å². The van der Waals surface area contributed by atoms with E-state index in [1.165, 1.54) is 0 Å². The van der Waals surface area contributed by atoms with Gasteiger partial charge in [0.1, 0.15) is 0 Å². The van der Waals surface area contributed by atoms with Crippen molar-refractivity contribution < 1.29 is 4.79 Å². The third kappa shape index (κ3) is 3.07. The second-order valence-electron chi connectivity index (χ2n) is 5.10. The molecule has 4 heteroatoms. The number of piperidine rings is 1. The van der Waals surface area contributed by atoms with Crippen LogP contribution in [0.3, 0.4) is 0 Å². The molecule has 2 fully saturated rings. The SMILES string of the molecule is C/C=C/C(=O)N1CCC(N2CCC(N)CC2)C1. The van der Waals surface area contributed by atoms with Crippen molar-refractivity contribution in [2.24, 2.45) is 5.73 Å². The molecule has 4 nitrogen and oxygen atoms in total. The first-order chi connectivity index (χ1) is 8.20. The third-order valence-electron chi connectivity index (χ3n) is 3.87. The fraction of sp³-hybridized carbons (Fsp3) is 0.769. The first kappa shape index (κ1) is 12.6. The van der Waals surface area contributed by atoms with E-state index < -0.39 is 0 Å². The molecule has 0 aromatic heterocycles. The molecule has 2 saturated heterocycles. The molecule has 0 bridgehead atoms. The van der Waals surface area contributed by atoms with Crippen LogP contribution in [-0.2, 0) is 4.79 Å². The van der Waals surface area contributed by atoms with E-state index in [1.54, 1.807) is 6.08 Å². The monoisotopic (exact) mass is 237 g/mol. The molecule has 1 atom stereocenters. The Hall–Kier alpha value is -0.870. The highest BCUT2D eigenvalue weighted by atomic mass is 16.2. The minimum Gasteiger partial charge on any atom is -0.338 e. The lowest BCUT2D eigenvalue weighted by Gasteiger charge is -2.34. The fourth-order valence-corrected chi connectivity index (χ4v) is 2.77. The minimum atomic E-state index is 0.156. The van der Waals surface area contributed by atoms with Crippen molar-refractivity contribution in [3.63, 3.8) is 0 Å². The van der Waals surface area contributed by atoms with Crippen LogP contribution in [0.15, 0.2) is 12.2 Å². The maximum absolute atomic E-state index is 11.7. The van der Waals surface area contributed by atoms with Gasteiger partial charge in [0.2, 0.25) is 5.91 Å². The Morgan fingerprint density at radius 2 is 1.94 bits per heavy atom. The van der Waals surface area contributed by atoms with E-state index in [-0.39, 0.29) is 5.91 Å². The van der Waals surface area contributed by atoms with E-state index in [0.717, 1.165) is 45.4 Å². The second-order valence-corrected chi connectivity index (χ2v) is 5.10. The Kier molecular flexibility index (Phi) is 4.18. The molecule has 0 spiro atoms. The summed E-state index contributed by atoms with van der Waals surface area (Å²) < 4.78 is 0. The predicted molar refractivity (Wildman–Crippen MR) is 68.6 cm³/mol. The van der Waals surface area contributed by atoms with Gasteiger partial charge in [0.05, 0.1) is 0 Å². The molecule has 2 rings (SSSR count). The smallest absolute Gasteiger partial charge is 0.246 e. The number of hydrogen-bond donors (Lipinski definition) is 1. The molecule has 0 aromatic rings. The van der Waals surface area contributed by atoms with Crippen molar-refractivity contribution in [1.29, 1.82) is 0 Å². The van der Waals surface area contributed by atoms with E-state index in [4.69, 9.17) is 5.73 Å². The molecule has 1 amide bonds. The molecular weight excluding hydrogens is 214 g/mol. The van der Waals surface area contributed by atoms with Gasteiger partial charge in [-0.2, -0.15) is 0 Å². The summed E-state index contributed by atoms with van der Waals surface area (Å²) in [6.45, 7) is 5.86. The average Bonchev–Trinajstić information content (AvgIpc) is 2.80. The average molecular weight is 237 g/mol. The molecule has 96 valence electrons. The number of carbonyl (C=O) groups excluding carboxylic acids is 1. The molecular formula is C13H23N3O. The molecule has 0 aromatic carbocycles. The van der Waals surface area contributed by atoms with Gasteiger partial charge >= 0.3 is 0 Å². The van der Waals surface area contributed by atoms with Gasteiger partial charge in [-0.3, -0.25) is 9.69 Å². The number of likely N-dealkylation sites (tertiary alicyclic amines) is 2. The predicted octanol–water partition coefficient (Wildman–Crippen LogP) is 0.587. The highest BCUT2D eigenvalue weighted by Gasteiger charge is 2.31. The van der Waals surface area contributed by atoms with Gasteiger partial charge in [-0.15, -0.1) is 0 Å². The zero-order chi connectivity index (χ0) is 12.3. The quantitative estimate of drug-likeness (QED) is 0.715. The summed E-state index contributed by atoms with van der Waals surface area (Å²) in [6, 6.07) is 0.935. The van der Waals surface area contributed by atoms with Gasteiger partial charge in [-0.1, -0.05) is 6.08 Å². The minimum absolute atomic E-state index is 0.156. The number of amides is 1. The van der Waals surface area contributed by atoms with Crippen molar-refractivity contribution in [3.8, 4) is 0 Å². The normalized spacial score (nSPS) is 28.1. The van der Waals surface area contributed by atoms with Gasteiger partial charge in [0, 0.05) is 25.2 Å². The van der Waals surface area contributed by atoms with Crippen LogP contribution in [0.5, 0.6) is 0 Å². The van der Waals surface area contributed by atoms with Crippen molar-refractivity contribution in [1.82, 2.24) is 9.80 Å². The lowest BCUT2D eigenvalue weighted by Crippen LogP contribution is -2.46. The van der Waals surface area contributed by atoms with Crippen LogP contribution in [0.4, 0.5) is 0 Å². The standard InChI is InChI=1S/C13H23N3O/c1-2-3-13(17)16-9-6-12(10-16)15-7-4-11(14)5-8-15/h2-3,11-12H,4-10,14H2,1H3/b3-2+. The van der Waals surface area contributed by atoms with Gasteiger partial charge in [-0.25, -0.2) is 0 Å². The summed E-state index contributed by atoms with van der Waals surface area (Å²) in [6.07, 6.45) is 6.78. The molecule has 1 unspecified atom stereocenters. The van der Waals surface area contributed by atoms with E-state index in [2.05, 4.69) is 4.90 Å². The highest BCUT2D eigenvalue weighted by molar-refractivity contribution is 5.87. The molecule has 2 N–H and O–H groups in total. The Morgan fingerprint density at radius 1 is 1.24 bits per heavy atom. The topological polar surface area (TPSA) is 49.6 Å². The first-order valence-corrected chi connectivity index (χ1v) is 6.62.